The van der Waals surface area contributed by atoms with Crippen molar-refractivity contribution >= 4 is 28.8 Å². The lowest BCUT2D eigenvalue weighted by molar-refractivity contribution is 0.803. The smallest absolute Gasteiger partial charge is 0.252 e. The van der Waals surface area contributed by atoms with Crippen molar-refractivity contribution < 1.29 is 0 Å². The Kier molecular flexibility index (Phi) is 7.47. The van der Waals surface area contributed by atoms with Gasteiger partial charge in [-0.3, -0.25) is 0 Å². The molecule has 2 N–H and O–H groups in total. The zero-order valence-electron chi connectivity index (χ0n) is 21.7. The number of hydrogen-bond donors (Lipinski definition) is 2. The molecule has 11 heteroatoms. The van der Waals surface area contributed by atoms with E-state index in [1.54, 1.807) is 32.4 Å². The van der Waals surface area contributed by atoms with Gasteiger partial charge in [0.25, 0.3) is 5.95 Å². The molecule has 0 amide bonds. The molecule has 3 heterocycles. The summed E-state index contributed by atoms with van der Waals surface area (Å²) >= 11 is 0. The molecule has 11 nitrogen and oxygen atoms in total. The summed E-state index contributed by atoms with van der Waals surface area (Å²) in [7, 11) is 1.71. The molecular weight excluding hydrogens is 502 g/mol. The Hall–Kier alpha value is -5.94. The molecule has 0 atom stereocenters. The van der Waals surface area contributed by atoms with Crippen LogP contribution >= 0.6 is 0 Å². The predicted molar refractivity (Wildman–Crippen MR) is 150 cm³/mol. The van der Waals surface area contributed by atoms with Gasteiger partial charge in [0.15, 0.2) is 17.5 Å². The Bertz CT molecular complexity index is 1750. The summed E-state index contributed by atoms with van der Waals surface area (Å²) in [4.78, 5) is 13.0. The van der Waals surface area contributed by atoms with Gasteiger partial charge in [-0.25, -0.2) is 15.0 Å². The van der Waals surface area contributed by atoms with Crippen LogP contribution in [0.15, 0.2) is 89.5 Å². The molecule has 40 heavy (non-hydrogen) atoms. The molecule has 0 saturated heterocycles. The molecule has 0 aliphatic carbocycles. The van der Waals surface area contributed by atoms with Crippen LogP contribution in [0.5, 0.6) is 0 Å². The van der Waals surface area contributed by atoms with Gasteiger partial charge in [-0.1, -0.05) is 42.5 Å². The highest BCUT2D eigenvalue weighted by molar-refractivity contribution is 5.76. The number of pyridine rings is 1. The molecule has 0 unspecified atom stereocenters. The maximum Gasteiger partial charge on any atom is 0.252 e. The van der Waals surface area contributed by atoms with Crippen molar-refractivity contribution in [1.29, 1.82) is 10.5 Å². The second-order valence-corrected chi connectivity index (χ2v) is 8.66. The van der Waals surface area contributed by atoms with Gasteiger partial charge in [-0.05, 0) is 42.7 Å². The number of nitrogens with zero attached hydrogens (tertiary/aromatic N) is 9. The number of benzene rings is 2. The molecule has 3 aromatic heterocycles. The van der Waals surface area contributed by atoms with Crippen LogP contribution < -0.4 is 10.6 Å². The van der Waals surface area contributed by atoms with E-state index in [2.05, 4.69) is 65.2 Å². The average Bonchev–Trinajstić information content (AvgIpc) is 3.41. The first kappa shape index (κ1) is 25.7. The Labute approximate surface area is 230 Å². The van der Waals surface area contributed by atoms with Crippen LogP contribution in [0.2, 0.25) is 0 Å². The Morgan fingerprint density at radius 2 is 1.60 bits per heavy atom. The molecule has 0 saturated carbocycles. The van der Waals surface area contributed by atoms with Crippen LogP contribution in [-0.2, 0) is 6.42 Å². The molecule has 0 bridgehead atoms. The summed E-state index contributed by atoms with van der Waals surface area (Å²) in [5.74, 6) is 1.20. The monoisotopic (exact) mass is 525 g/mol. The van der Waals surface area contributed by atoms with Gasteiger partial charge in [0.05, 0.1) is 11.8 Å². The van der Waals surface area contributed by atoms with E-state index in [-0.39, 0.29) is 17.3 Å². The topological polar surface area (TPSA) is 153 Å². The molecular formula is C29H23N11. The van der Waals surface area contributed by atoms with Crippen molar-refractivity contribution in [3.8, 4) is 18.1 Å². The first-order valence-corrected chi connectivity index (χ1v) is 12.3. The summed E-state index contributed by atoms with van der Waals surface area (Å²) in [6.07, 6.45) is 5.32. The van der Waals surface area contributed by atoms with Gasteiger partial charge in [-0.15, -0.1) is 10.2 Å². The second-order valence-electron chi connectivity index (χ2n) is 8.66. The third kappa shape index (κ3) is 5.35. The van der Waals surface area contributed by atoms with E-state index in [9.17, 15) is 10.5 Å². The molecule has 0 radical (unpaired) electrons. The zero-order chi connectivity index (χ0) is 27.9. The predicted octanol–water partition coefficient (Wildman–Crippen LogP) is 5.90. The molecule has 5 aromatic rings. The fraction of sp³-hybridized carbons (Fsp3) is 0.103. The molecule has 0 aliphatic rings. The summed E-state index contributed by atoms with van der Waals surface area (Å²) in [6.45, 7) is 1.77. The highest BCUT2D eigenvalue weighted by Crippen LogP contribution is 2.36. The van der Waals surface area contributed by atoms with Gasteiger partial charge in [0.2, 0.25) is 0 Å². The van der Waals surface area contributed by atoms with Crippen LogP contribution in [0.25, 0.3) is 5.95 Å². The van der Waals surface area contributed by atoms with Gasteiger partial charge >= 0.3 is 0 Å². The van der Waals surface area contributed by atoms with E-state index in [0.29, 0.717) is 28.5 Å². The normalized spacial score (nSPS) is 10.7. The quantitative estimate of drug-likeness (QED) is 0.237. The van der Waals surface area contributed by atoms with Crippen molar-refractivity contribution in [2.24, 2.45) is 10.2 Å². The Balaban J connectivity index is 1.45. The SMILES string of the molecule is CNc1nc(Nc2ccc(Cc3ccccc3)cc2)c(C#N)c(C)c1N=Nc1c(C#N)cnn1-c1ncccn1. The minimum absolute atomic E-state index is 0.159. The fourth-order valence-electron chi connectivity index (χ4n) is 4.05. The highest BCUT2D eigenvalue weighted by Gasteiger charge is 2.19. The summed E-state index contributed by atoms with van der Waals surface area (Å²) < 4.78 is 1.33. The highest BCUT2D eigenvalue weighted by atomic mass is 15.4. The van der Waals surface area contributed by atoms with Crippen LogP contribution in [0.3, 0.4) is 0 Å². The van der Waals surface area contributed by atoms with Gasteiger partial charge in [0, 0.05) is 30.7 Å². The van der Waals surface area contributed by atoms with Crippen molar-refractivity contribution in [1.82, 2.24) is 24.7 Å². The van der Waals surface area contributed by atoms with Crippen LogP contribution in [0, 0.1) is 29.6 Å². The van der Waals surface area contributed by atoms with E-state index in [1.165, 1.54) is 22.0 Å². The number of aromatic nitrogens is 5. The van der Waals surface area contributed by atoms with Crippen molar-refractivity contribution in [2.45, 2.75) is 13.3 Å². The van der Waals surface area contributed by atoms with Gasteiger partial charge < -0.3 is 10.6 Å². The number of azo groups is 1. The average molecular weight is 526 g/mol. The van der Waals surface area contributed by atoms with E-state index in [4.69, 9.17) is 0 Å². The molecule has 0 fully saturated rings. The molecule has 194 valence electrons. The van der Waals surface area contributed by atoms with E-state index in [0.717, 1.165) is 12.1 Å². The van der Waals surface area contributed by atoms with E-state index >= 15 is 0 Å². The van der Waals surface area contributed by atoms with Gasteiger partial charge in [-0.2, -0.15) is 20.3 Å². The van der Waals surface area contributed by atoms with Crippen molar-refractivity contribution in [3.63, 3.8) is 0 Å². The van der Waals surface area contributed by atoms with Crippen LogP contribution in [-0.4, -0.2) is 31.8 Å². The number of hydrogen-bond acceptors (Lipinski definition) is 10. The van der Waals surface area contributed by atoms with Crippen molar-refractivity contribution in [2.75, 3.05) is 17.7 Å². The largest absolute Gasteiger partial charge is 0.371 e. The third-order valence-electron chi connectivity index (χ3n) is 6.08. The maximum absolute atomic E-state index is 10.0. The first-order valence-electron chi connectivity index (χ1n) is 12.3. The molecule has 2 aromatic carbocycles. The lowest BCUT2D eigenvalue weighted by atomic mass is 10.0. The summed E-state index contributed by atoms with van der Waals surface area (Å²) in [6, 6.07) is 24.2. The fourth-order valence-corrected chi connectivity index (χ4v) is 4.05. The minimum atomic E-state index is 0.159. The van der Waals surface area contributed by atoms with Crippen LogP contribution in [0.4, 0.5) is 28.8 Å². The minimum Gasteiger partial charge on any atom is -0.371 e. The molecule has 0 spiro atoms. The second kappa shape index (κ2) is 11.6. The maximum atomic E-state index is 10.0. The zero-order valence-corrected chi connectivity index (χ0v) is 21.7. The number of rotatable bonds is 8. The molecule has 5 rings (SSSR count). The third-order valence-corrected chi connectivity index (χ3v) is 6.08. The summed E-state index contributed by atoms with van der Waals surface area (Å²) in [5, 5.41) is 38.7. The lowest BCUT2D eigenvalue weighted by Crippen LogP contribution is -2.04. The Morgan fingerprint density at radius 1 is 0.875 bits per heavy atom. The Morgan fingerprint density at radius 3 is 2.27 bits per heavy atom. The van der Waals surface area contributed by atoms with Gasteiger partial charge in [0.1, 0.15) is 23.4 Å². The molecule has 0 aliphatic heterocycles. The van der Waals surface area contributed by atoms with Crippen molar-refractivity contribution in [3.05, 3.63) is 107 Å². The first-order chi connectivity index (χ1) is 19.6. The van der Waals surface area contributed by atoms with Crippen LogP contribution in [0.1, 0.15) is 27.8 Å². The number of nitrogens with one attached hydrogen (secondary N) is 2. The number of nitriles is 2. The summed E-state index contributed by atoms with van der Waals surface area (Å²) in [5.41, 5.74) is 4.63. The van der Waals surface area contributed by atoms with E-state index in [1.807, 2.05) is 42.5 Å². The lowest BCUT2D eigenvalue weighted by Gasteiger charge is -2.14. The standard InChI is InChI=1S/C29H23N11/c1-19-24(17-31)26(36-23-11-9-21(10-12-23)15-20-7-4-3-5-8-20)37-27(32-2)25(19)38-39-28-22(16-30)18-35-40(28)29-33-13-6-14-34-29/h3-14,18H,15H2,1-2H3,(H2,32,36,37). The number of anilines is 3. The van der Waals surface area contributed by atoms with E-state index < -0.39 is 0 Å².